The first-order valence-electron chi connectivity index (χ1n) is 8.35. The lowest BCUT2D eigenvalue weighted by Crippen LogP contribution is -2.42. The number of anilines is 1. The minimum atomic E-state index is -0.154. The van der Waals surface area contributed by atoms with E-state index >= 15 is 0 Å². The fraction of sp³-hybridized carbons (Fsp3) is 0.200. The summed E-state index contributed by atoms with van der Waals surface area (Å²) in [5.74, 6) is 0.778. The van der Waals surface area contributed by atoms with Crippen LogP contribution >= 0.6 is 0 Å². The van der Waals surface area contributed by atoms with Crippen molar-refractivity contribution in [1.29, 1.82) is 0 Å². The zero-order chi connectivity index (χ0) is 17.4. The second kappa shape index (κ2) is 6.09. The minimum absolute atomic E-state index is 0.104. The third-order valence-electron chi connectivity index (χ3n) is 4.65. The zero-order valence-electron chi connectivity index (χ0n) is 14.3. The molecule has 0 saturated carbocycles. The summed E-state index contributed by atoms with van der Waals surface area (Å²) in [6.45, 7) is 2.53. The molecule has 2 aromatic carbocycles. The fourth-order valence-electron chi connectivity index (χ4n) is 3.52. The molecule has 1 unspecified atom stereocenters. The molecule has 126 valence electrons. The highest BCUT2D eigenvalue weighted by molar-refractivity contribution is 5.93. The highest BCUT2D eigenvalue weighted by Gasteiger charge is 2.37. The number of carbonyl (C=O) groups excluding carboxylic acids is 1. The van der Waals surface area contributed by atoms with Gasteiger partial charge in [0.1, 0.15) is 5.82 Å². The normalized spacial score (nSPS) is 16.5. The molecule has 25 heavy (non-hydrogen) atoms. The molecule has 1 aliphatic heterocycles. The monoisotopic (exact) mass is 332 g/mol. The molecule has 0 bridgehead atoms. The molecule has 1 aliphatic rings. The van der Waals surface area contributed by atoms with E-state index in [0.29, 0.717) is 6.54 Å². The Kier molecular flexibility index (Phi) is 3.76. The van der Waals surface area contributed by atoms with E-state index in [1.807, 2.05) is 67.4 Å². The summed E-state index contributed by atoms with van der Waals surface area (Å²) in [4.78, 5) is 14.8. The topological polar surface area (TPSA) is 50.2 Å². The Morgan fingerprint density at radius 1 is 1.04 bits per heavy atom. The molecule has 5 nitrogen and oxygen atoms in total. The second-order valence-electron chi connectivity index (χ2n) is 6.33. The van der Waals surface area contributed by atoms with Gasteiger partial charge < -0.3 is 4.90 Å². The molecule has 0 fully saturated rings. The van der Waals surface area contributed by atoms with Crippen molar-refractivity contribution in [2.75, 3.05) is 5.32 Å². The van der Waals surface area contributed by atoms with Gasteiger partial charge in [-0.2, -0.15) is 5.10 Å². The number of carbonyl (C=O) groups is 1. The van der Waals surface area contributed by atoms with Gasteiger partial charge in [0.15, 0.2) is 0 Å². The predicted molar refractivity (Wildman–Crippen MR) is 97.2 cm³/mol. The summed E-state index contributed by atoms with van der Waals surface area (Å²) in [6.07, 6.45) is 0. The quantitative estimate of drug-likeness (QED) is 0.791. The molecule has 0 spiro atoms. The van der Waals surface area contributed by atoms with Gasteiger partial charge >= 0.3 is 6.03 Å². The lowest BCUT2D eigenvalue weighted by Gasteiger charge is -2.36. The Labute approximate surface area is 146 Å². The van der Waals surface area contributed by atoms with E-state index in [1.165, 1.54) is 0 Å². The van der Waals surface area contributed by atoms with Gasteiger partial charge in [0.05, 0.1) is 11.7 Å². The predicted octanol–water partition coefficient (Wildman–Crippen LogP) is 3.87. The number of hydrogen-bond acceptors (Lipinski definition) is 2. The van der Waals surface area contributed by atoms with E-state index in [2.05, 4.69) is 22.5 Å². The van der Waals surface area contributed by atoms with Crippen LogP contribution in [0.4, 0.5) is 10.6 Å². The van der Waals surface area contributed by atoms with Gasteiger partial charge in [-0.3, -0.25) is 10.00 Å². The van der Waals surface area contributed by atoms with Crippen LogP contribution in [0.15, 0.2) is 60.7 Å². The summed E-state index contributed by atoms with van der Waals surface area (Å²) < 4.78 is 1.75. The van der Waals surface area contributed by atoms with E-state index in [9.17, 15) is 4.79 Å². The molecule has 3 aromatic rings. The van der Waals surface area contributed by atoms with Crippen molar-refractivity contribution in [1.82, 2.24) is 14.7 Å². The second-order valence-corrected chi connectivity index (χ2v) is 6.33. The number of amides is 2. The molecule has 2 amide bonds. The number of nitrogens with one attached hydrogen (secondary N) is 1. The molecular weight excluding hydrogens is 312 g/mol. The van der Waals surface area contributed by atoms with Crippen LogP contribution in [-0.4, -0.2) is 20.7 Å². The smallest absolute Gasteiger partial charge is 0.309 e. The first-order chi connectivity index (χ1) is 12.1. The van der Waals surface area contributed by atoms with Crippen LogP contribution in [0.5, 0.6) is 0 Å². The molecule has 0 saturated heterocycles. The van der Waals surface area contributed by atoms with Gasteiger partial charge in [-0.15, -0.1) is 0 Å². The molecule has 5 heteroatoms. The molecule has 1 aromatic heterocycles. The Hall–Kier alpha value is -3.08. The number of urea groups is 1. The number of hydrogen-bond donors (Lipinski definition) is 1. The van der Waals surface area contributed by atoms with Crippen LogP contribution in [-0.2, 0) is 13.6 Å². The van der Waals surface area contributed by atoms with Crippen LogP contribution in [0, 0.1) is 6.92 Å². The third-order valence-corrected chi connectivity index (χ3v) is 4.65. The van der Waals surface area contributed by atoms with Crippen LogP contribution in [0.25, 0.3) is 0 Å². The summed E-state index contributed by atoms with van der Waals surface area (Å²) in [5.41, 5.74) is 4.18. The molecule has 1 N–H and O–H groups in total. The van der Waals surface area contributed by atoms with Gasteiger partial charge in [0, 0.05) is 19.2 Å². The maximum atomic E-state index is 12.9. The summed E-state index contributed by atoms with van der Waals surface area (Å²) >= 11 is 0. The summed E-state index contributed by atoms with van der Waals surface area (Å²) in [7, 11) is 1.86. The summed E-state index contributed by atoms with van der Waals surface area (Å²) in [6, 6.07) is 19.9. The lowest BCUT2D eigenvalue weighted by molar-refractivity contribution is 0.191. The number of aryl methyl sites for hydroxylation is 2. The average Bonchev–Trinajstić information content (AvgIpc) is 2.91. The SMILES string of the molecule is Cc1nn(C)c2c1C(c1ccccc1)N(Cc1ccccc1)C(=O)N2. The number of benzene rings is 2. The molecule has 0 aliphatic carbocycles. The highest BCUT2D eigenvalue weighted by Crippen LogP contribution is 2.40. The first-order valence-corrected chi connectivity index (χ1v) is 8.35. The Balaban J connectivity index is 1.84. The minimum Gasteiger partial charge on any atom is -0.309 e. The lowest BCUT2D eigenvalue weighted by atomic mass is 9.95. The number of fused-ring (bicyclic) bond motifs is 1. The Morgan fingerprint density at radius 3 is 2.36 bits per heavy atom. The zero-order valence-corrected chi connectivity index (χ0v) is 14.3. The van der Waals surface area contributed by atoms with Crippen LogP contribution < -0.4 is 5.32 Å². The van der Waals surface area contributed by atoms with E-state index in [4.69, 9.17) is 0 Å². The van der Waals surface area contributed by atoms with Crippen molar-refractivity contribution >= 4 is 11.8 Å². The molecule has 1 atom stereocenters. The number of aromatic nitrogens is 2. The summed E-state index contributed by atoms with van der Waals surface area (Å²) in [5, 5.41) is 7.53. The number of nitrogens with zero attached hydrogens (tertiary/aromatic N) is 3. The fourth-order valence-corrected chi connectivity index (χ4v) is 3.52. The maximum Gasteiger partial charge on any atom is 0.324 e. The van der Waals surface area contributed by atoms with E-state index in [-0.39, 0.29) is 12.1 Å². The van der Waals surface area contributed by atoms with Gasteiger partial charge in [-0.05, 0) is 18.1 Å². The Bertz CT molecular complexity index is 902. The van der Waals surface area contributed by atoms with Crippen molar-refractivity contribution in [2.24, 2.45) is 7.05 Å². The van der Waals surface area contributed by atoms with Gasteiger partial charge in [-0.25, -0.2) is 4.79 Å². The first kappa shape index (κ1) is 15.4. The van der Waals surface area contributed by atoms with Crippen LogP contribution in [0.1, 0.15) is 28.4 Å². The molecule has 2 heterocycles. The molecule has 0 radical (unpaired) electrons. The van der Waals surface area contributed by atoms with Crippen LogP contribution in [0.3, 0.4) is 0 Å². The van der Waals surface area contributed by atoms with Gasteiger partial charge in [0.25, 0.3) is 0 Å². The average molecular weight is 332 g/mol. The largest absolute Gasteiger partial charge is 0.324 e. The Morgan fingerprint density at radius 2 is 1.68 bits per heavy atom. The van der Waals surface area contributed by atoms with Gasteiger partial charge in [-0.1, -0.05) is 60.7 Å². The van der Waals surface area contributed by atoms with E-state index < -0.39 is 0 Å². The maximum absolute atomic E-state index is 12.9. The van der Waals surface area contributed by atoms with Crippen molar-refractivity contribution in [3.63, 3.8) is 0 Å². The van der Waals surface area contributed by atoms with Crippen molar-refractivity contribution in [2.45, 2.75) is 19.5 Å². The highest BCUT2D eigenvalue weighted by atomic mass is 16.2. The van der Waals surface area contributed by atoms with Gasteiger partial charge in [0.2, 0.25) is 0 Å². The van der Waals surface area contributed by atoms with E-state index in [1.54, 1.807) is 4.68 Å². The van der Waals surface area contributed by atoms with Crippen molar-refractivity contribution in [3.05, 3.63) is 83.0 Å². The van der Waals surface area contributed by atoms with Crippen LogP contribution in [0.2, 0.25) is 0 Å². The van der Waals surface area contributed by atoms with E-state index in [0.717, 1.165) is 28.2 Å². The standard InChI is InChI=1S/C20H20N4O/c1-14-17-18(16-11-7-4-8-12-16)24(13-15-9-5-3-6-10-15)20(25)21-19(17)23(2)22-14/h3-12,18H,13H2,1-2H3,(H,21,25). The molecular formula is C20H20N4O. The van der Waals surface area contributed by atoms with Crippen molar-refractivity contribution < 1.29 is 4.79 Å². The van der Waals surface area contributed by atoms with Crippen molar-refractivity contribution in [3.8, 4) is 0 Å². The number of rotatable bonds is 3. The third kappa shape index (κ3) is 2.67. The molecule has 4 rings (SSSR count).